The van der Waals surface area contributed by atoms with E-state index >= 15 is 0 Å². The van der Waals surface area contributed by atoms with Crippen LogP contribution in [-0.2, 0) is 9.59 Å². The number of carbonyl (C=O) groups excluding carboxylic acids is 1. The molecule has 0 saturated carbocycles. The lowest BCUT2D eigenvalue weighted by Crippen LogP contribution is -2.44. The van der Waals surface area contributed by atoms with Crippen molar-refractivity contribution in [2.75, 3.05) is 13.7 Å². The lowest BCUT2D eigenvalue weighted by molar-refractivity contribution is -0.143. The molecule has 1 aromatic carbocycles. The lowest BCUT2D eigenvalue weighted by atomic mass is 10.2. The van der Waals surface area contributed by atoms with Crippen molar-refractivity contribution < 1.29 is 33.0 Å². The first kappa shape index (κ1) is 17.7. The van der Waals surface area contributed by atoms with E-state index in [1.807, 2.05) is 5.32 Å². The van der Waals surface area contributed by atoms with Crippen LogP contribution in [0.5, 0.6) is 11.5 Å². The van der Waals surface area contributed by atoms with E-state index in [-0.39, 0.29) is 0 Å². The average Bonchev–Trinajstić information content (AvgIpc) is 2.44. The largest absolute Gasteiger partial charge is 0.496 e. The zero-order valence-electron chi connectivity index (χ0n) is 12.1. The number of amides is 1. The van der Waals surface area contributed by atoms with Crippen molar-refractivity contribution in [3.63, 3.8) is 0 Å². The van der Waals surface area contributed by atoms with Crippen LogP contribution < -0.4 is 14.8 Å². The molecule has 0 aliphatic rings. The Hall–Kier alpha value is -2.38. The Kier molecular flexibility index (Phi) is 6.55. The molecule has 1 atom stereocenters. The van der Waals surface area contributed by atoms with Gasteiger partial charge >= 0.3 is 5.97 Å². The summed E-state index contributed by atoms with van der Waals surface area (Å²) in [7, 11) is 1.52. The number of aliphatic carboxylic acids is 1. The van der Waals surface area contributed by atoms with Gasteiger partial charge < -0.3 is 19.9 Å². The number of alkyl halides is 2. The van der Waals surface area contributed by atoms with Gasteiger partial charge in [-0.15, -0.1) is 0 Å². The van der Waals surface area contributed by atoms with Crippen LogP contribution in [0.4, 0.5) is 8.78 Å². The maximum absolute atomic E-state index is 12.2. The first-order valence-corrected chi connectivity index (χ1v) is 6.41. The Bertz CT molecular complexity index is 536. The molecule has 2 N–H and O–H groups in total. The molecule has 0 aliphatic carbocycles. The fourth-order valence-corrected chi connectivity index (χ4v) is 1.73. The highest BCUT2D eigenvalue weighted by molar-refractivity contribution is 5.84. The van der Waals surface area contributed by atoms with Crippen LogP contribution >= 0.6 is 0 Å². The number of hydrogen-bond donors (Lipinski definition) is 2. The fourth-order valence-electron chi connectivity index (χ4n) is 1.73. The van der Waals surface area contributed by atoms with Crippen LogP contribution in [0.3, 0.4) is 0 Å². The molecule has 1 unspecified atom stereocenters. The van der Waals surface area contributed by atoms with Gasteiger partial charge in [0.25, 0.3) is 5.91 Å². The van der Waals surface area contributed by atoms with Crippen molar-refractivity contribution >= 4 is 11.9 Å². The van der Waals surface area contributed by atoms with Gasteiger partial charge in [0.15, 0.2) is 6.61 Å². The smallest absolute Gasteiger partial charge is 0.326 e. The second-order valence-electron chi connectivity index (χ2n) is 4.51. The first-order valence-electron chi connectivity index (χ1n) is 6.41. The summed E-state index contributed by atoms with van der Waals surface area (Å²) in [5.74, 6) is -1.27. The van der Waals surface area contributed by atoms with Gasteiger partial charge in [-0.25, -0.2) is 13.6 Å². The summed E-state index contributed by atoms with van der Waals surface area (Å²) >= 11 is 0. The SMILES string of the molecule is COc1ccc(OCC(=O)NC(CC(F)F)C(=O)O)cc1C. The van der Waals surface area contributed by atoms with E-state index < -0.39 is 37.4 Å². The Morgan fingerprint density at radius 1 is 1.36 bits per heavy atom. The Morgan fingerprint density at radius 3 is 2.55 bits per heavy atom. The summed E-state index contributed by atoms with van der Waals surface area (Å²) < 4.78 is 34.7. The van der Waals surface area contributed by atoms with Crippen LogP contribution in [0.2, 0.25) is 0 Å². The minimum atomic E-state index is -2.83. The first-order chi connectivity index (χ1) is 10.3. The molecule has 1 amide bonds. The number of halogens is 2. The van der Waals surface area contributed by atoms with Crippen molar-refractivity contribution in [1.29, 1.82) is 0 Å². The number of carboxylic acids is 1. The van der Waals surface area contributed by atoms with Gasteiger partial charge in [0.2, 0.25) is 6.43 Å². The Labute approximate surface area is 126 Å². The normalized spacial score (nSPS) is 11.9. The Balaban J connectivity index is 2.54. The topological polar surface area (TPSA) is 84.9 Å². The second-order valence-corrected chi connectivity index (χ2v) is 4.51. The van der Waals surface area contributed by atoms with Crippen LogP contribution in [0.25, 0.3) is 0 Å². The predicted molar refractivity (Wildman–Crippen MR) is 73.4 cm³/mol. The molecule has 0 fully saturated rings. The molecular weight excluding hydrogens is 300 g/mol. The van der Waals surface area contributed by atoms with Gasteiger partial charge in [0.05, 0.1) is 7.11 Å². The van der Waals surface area contributed by atoms with Crippen molar-refractivity contribution in [1.82, 2.24) is 5.32 Å². The molecule has 0 bridgehead atoms. The van der Waals surface area contributed by atoms with E-state index in [0.29, 0.717) is 11.5 Å². The number of methoxy groups -OCH3 is 1. The summed E-state index contributed by atoms with van der Waals surface area (Å²) in [6.45, 7) is 1.31. The summed E-state index contributed by atoms with van der Waals surface area (Å²) in [5, 5.41) is 10.7. The van der Waals surface area contributed by atoms with Crippen LogP contribution in [0.15, 0.2) is 18.2 Å². The number of aryl methyl sites for hydroxylation is 1. The zero-order valence-corrected chi connectivity index (χ0v) is 12.1. The molecular formula is C14H17F2NO5. The molecule has 8 heteroatoms. The third-order valence-corrected chi connectivity index (χ3v) is 2.78. The van der Waals surface area contributed by atoms with Gasteiger partial charge in [0.1, 0.15) is 17.5 Å². The standard InChI is InChI=1S/C14H17F2NO5/c1-8-5-9(3-4-11(8)21-2)22-7-13(18)17-10(14(19)20)6-12(15)16/h3-5,10,12H,6-7H2,1-2H3,(H,17,18)(H,19,20). The maximum atomic E-state index is 12.2. The number of carbonyl (C=O) groups is 2. The minimum Gasteiger partial charge on any atom is -0.496 e. The quantitative estimate of drug-likeness (QED) is 0.761. The third kappa shape index (κ3) is 5.55. The van der Waals surface area contributed by atoms with E-state index in [9.17, 15) is 18.4 Å². The second kappa shape index (κ2) is 8.16. The van der Waals surface area contributed by atoms with E-state index in [2.05, 4.69) is 0 Å². The summed E-state index contributed by atoms with van der Waals surface area (Å²) in [4.78, 5) is 22.3. The van der Waals surface area contributed by atoms with E-state index in [1.165, 1.54) is 7.11 Å². The average molecular weight is 317 g/mol. The van der Waals surface area contributed by atoms with Crippen LogP contribution in [-0.4, -0.2) is 43.2 Å². The van der Waals surface area contributed by atoms with Crippen LogP contribution in [0.1, 0.15) is 12.0 Å². The molecule has 0 heterocycles. The molecule has 122 valence electrons. The third-order valence-electron chi connectivity index (χ3n) is 2.78. The van der Waals surface area contributed by atoms with Gasteiger partial charge in [-0.2, -0.15) is 0 Å². The molecule has 0 aromatic heterocycles. The molecule has 0 radical (unpaired) electrons. The maximum Gasteiger partial charge on any atom is 0.326 e. The number of nitrogens with one attached hydrogen (secondary N) is 1. The zero-order chi connectivity index (χ0) is 16.7. The van der Waals surface area contributed by atoms with Crippen molar-refractivity contribution in [3.8, 4) is 11.5 Å². The van der Waals surface area contributed by atoms with Crippen molar-refractivity contribution in [3.05, 3.63) is 23.8 Å². The van der Waals surface area contributed by atoms with Crippen molar-refractivity contribution in [2.45, 2.75) is 25.8 Å². The van der Waals surface area contributed by atoms with E-state index in [1.54, 1.807) is 25.1 Å². The molecule has 6 nitrogen and oxygen atoms in total. The minimum absolute atomic E-state index is 0.384. The molecule has 0 saturated heterocycles. The molecule has 22 heavy (non-hydrogen) atoms. The van der Waals surface area contributed by atoms with Gasteiger partial charge in [-0.05, 0) is 30.7 Å². The monoisotopic (exact) mass is 317 g/mol. The summed E-state index contributed by atoms with van der Waals surface area (Å²) in [5.41, 5.74) is 0.793. The highest BCUT2D eigenvalue weighted by atomic mass is 19.3. The highest BCUT2D eigenvalue weighted by Gasteiger charge is 2.24. The summed E-state index contributed by atoms with van der Waals surface area (Å²) in [6.07, 6.45) is -3.78. The fraction of sp³-hybridized carbons (Fsp3) is 0.429. The number of rotatable bonds is 8. The molecule has 0 spiro atoms. The van der Waals surface area contributed by atoms with Crippen molar-refractivity contribution in [2.24, 2.45) is 0 Å². The van der Waals surface area contributed by atoms with E-state index in [0.717, 1.165) is 5.56 Å². The van der Waals surface area contributed by atoms with Gasteiger partial charge in [-0.1, -0.05) is 0 Å². The summed E-state index contributed by atoms with van der Waals surface area (Å²) in [6, 6.07) is 3.22. The van der Waals surface area contributed by atoms with Gasteiger partial charge in [0, 0.05) is 6.42 Å². The number of benzene rings is 1. The number of ether oxygens (including phenoxy) is 2. The highest BCUT2D eigenvalue weighted by Crippen LogP contribution is 2.22. The molecule has 0 aliphatic heterocycles. The predicted octanol–water partition coefficient (Wildman–Crippen LogP) is 1.61. The Morgan fingerprint density at radius 2 is 2.05 bits per heavy atom. The van der Waals surface area contributed by atoms with E-state index in [4.69, 9.17) is 14.6 Å². The van der Waals surface area contributed by atoms with Crippen LogP contribution in [0, 0.1) is 6.92 Å². The lowest BCUT2D eigenvalue weighted by Gasteiger charge is -2.14. The number of hydrogen-bond acceptors (Lipinski definition) is 4. The molecule has 1 rings (SSSR count). The van der Waals surface area contributed by atoms with Gasteiger partial charge in [-0.3, -0.25) is 4.79 Å². The number of carboxylic acid groups (broad SMARTS) is 1. The molecule has 1 aromatic rings.